The summed E-state index contributed by atoms with van der Waals surface area (Å²) < 4.78 is 20.7. The van der Waals surface area contributed by atoms with Gasteiger partial charge < -0.3 is 14.7 Å². The molecule has 106 valence electrons. The fourth-order valence-electron chi connectivity index (χ4n) is 2.07. The molecule has 0 spiro atoms. The summed E-state index contributed by atoms with van der Waals surface area (Å²) in [5.41, 5.74) is 1.06. The number of nitrogens with zero attached hydrogens (tertiary/aromatic N) is 1. The average Bonchev–Trinajstić information content (AvgIpc) is 2.46. The molecule has 0 N–H and O–H groups in total. The van der Waals surface area contributed by atoms with Gasteiger partial charge in [0.1, 0.15) is 11.9 Å². The predicted octanol–water partition coefficient (Wildman–Crippen LogP) is 2.33. The first-order chi connectivity index (χ1) is 9.56. The van der Waals surface area contributed by atoms with Gasteiger partial charge in [0.15, 0.2) is 22.8 Å². The van der Waals surface area contributed by atoms with E-state index in [1.807, 2.05) is 0 Å². The number of hydrogen-bond acceptors (Lipinski definition) is 4. The van der Waals surface area contributed by atoms with Gasteiger partial charge in [-0.2, -0.15) is 0 Å². The summed E-state index contributed by atoms with van der Waals surface area (Å²) in [5, 5.41) is 13.0. The van der Waals surface area contributed by atoms with Crippen LogP contribution in [0.5, 0.6) is 11.5 Å². The minimum absolute atomic E-state index is 0.194. The van der Waals surface area contributed by atoms with E-state index in [1.165, 1.54) is 20.4 Å². The zero-order valence-corrected chi connectivity index (χ0v) is 12.3. The lowest BCUT2D eigenvalue weighted by molar-refractivity contribution is 0.354. The fraction of sp³-hybridized carbons (Fsp3) is 0.214. The molecule has 5 nitrogen and oxygen atoms in total. The van der Waals surface area contributed by atoms with Crippen molar-refractivity contribution in [2.75, 3.05) is 14.2 Å². The van der Waals surface area contributed by atoms with E-state index in [0.29, 0.717) is 22.8 Å². The van der Waals surface area contributed by atoms with Gasteiger partial charge in [0.2, 0.25) is 4.99 Å². The molecule has 0 aliphatic carbocycles. The Balaban J connectivity index is 2.58. The smallest absolute Gasteiger partial charge is 0.239 e. The van der Waals surface area contributed by atoms with Gasteiger partial charge >= 0.3 is 0 Å². The molecular formula is C14H15NO4S. The molecule has 1 aromatic rings. The third-order valence-corrected chi connectivity index (χ3v) is 3.86. The fourth-order valence-corrected chi connectivity index (χ4v) is 2.54. The molecule has 20 heavy (non-hydrogen) atoms. The number of hydroxylamine groups is 2. The summed E-state index contributed by atoms with van der Waals surface area (Å²) in [6.07, 6.45) is 4.82. The van der Waals surface area contributed by atoms with E-state index in [4.69, 9.17) is 9.47 Å². The van der Waals surface area contributed by atoms with Gasteiger partial charge in [-0.15, -0.1) is 0 Å². The molecule has 6 heteroatoms. The van der Waals surface area contributed by atoms with Crippen LogP contribution < -0.4 is 14.1 Å². The maximum atomic E-state index is 13.0. The number of benzene rings is 1. The van der Waals surface area contributed by atoms with Crippen molar-refractivity contribution in [2.45, 2.75) is 6.92 Å². The van der Waals surface area contributed by atoms with Crippen molar-refractivity contribution >= 4 is 21.9 Å². The summed E-state index contributed by atoms with van der Waals surface area (Å²) in [6, 6.07) is 4.87. The third kappa shape index (κ3) is 2.29. The molecule has 1 aromatic carbocycles. The van der Waals surface area contributed by atoms with Crippen molar-refractivity contribution in [1.82, 2.24) is 4.65 Å². The van der Waals surface area contributed by atoms with E-state index in [2.05, 4.69) is 0 Å². The van der Waals surface area contributed by atoms with Crippen LogP contribution in [0.4, 0.5) is 5.69 Å². The molecule has 0 bridgehead atoms. The predicted molar refractivity (Wildman–Crippen MR) is 80.8 cm³/mol. The van der Waals surface area contributed by atoms with Crippen LogP contribution in [0.25, 0.3) is 0 Å². The van der Waals surface area contributed by atoms with Crippen LogP contribution in [0.15, 0.2) is 42.1 Å². The van der Waals surface area contributed by atoms with E-state index in [1.54, 1.807) is 37.3 Å². The molecule has 1 heterocycles. The molecule has 0 radical (unpaired) electrons. The van der Waals surface area contributed by atoms with Crippen molar-refractivity contribution in [3.63, 3.8) is 0 Å². The van der Waals surface area contributed by atoms with Crippen LogP contribution in [0.3, 0.4) is 0 Å². The Morgan fingerprint density at radius 3 is 2.50 bits per heavy atom. The molecular weight excluding hydrogens is 278 g/mol. The van der Waals surface area contributed by atoms with Crippen LogP contribution in [0, 0.1) is 5.21 Å². The molecule has 0 amide bonds. The van der Waals surface area contributed by atoms with Gasteiger partial charge in [-0.3, -0.25) is 4.65 Å². The van der Waals surface area contributed by atoms with Gasteiger partial charge in [-0.05, 0) is 25.1 Å². The lowest BCUT2D eigenvalue weighted by atomic mass is 10.1. The van der Waals surface area contributed by atoms with Crippen LogP contribution in [-0.4, -0.2) is 23.4 Å². The van der Waals surface area contributed by atoms with Crippen molar-refractivity contribution in [2.24, 2.45) is 0 Å². The number of rotatable bonds is 3. The van der Waals surface area contributed by atoms with Crippen molar-refractivity contribution in [3.05, 3.63) is 47.3 Å². The van der Waals surface area contributed by atoms with Crippen molar-refractivity contribution in [3.8, 4) is 11.5 Å². The molecule has 1 aliphatic rings. The molecule has 0 saturated carbocycles. The molecule has 2 rings (SSSR count). The second kappa shape index (κ2) is 5.62. The standard InChI is InChI=1S/C14H15NO4S/c1-10-5-4-8-15(16,14(10)20-17)11-6-7-12(18-2)13(9-11)19-3/h4-9H,1-3H3. The third-order valence-electron chi connectivity index (χ3n) is 3.11. The molecule has 1 aliphatic heterocycles. The van der Waals surface area contributed by atoms with Crippen LogP contribution in [0.1, 0.15) is 6.92 Å². The van der Waals surface area contributed by atoms with Crippen molar-refractivity contribution in [1.29, 1.82) is 0 Å². The molecule has 0 saturated heterocycles. The number of hydrogen-bond donors (Lipinski definition) is 0. The van der Waals surface area contributed by atoms with Gasteiger partial charge in [0, 0.05) is 17.7 Å². The quantitative estimate of drug-likeness (QED) is 0.487. The van der Waals surface area contributed by atoms with Gasteiger partial charge in [-0.1, -0.05) is 0 Å². The normalized spacial score (nSPS) is 21.4. The lowest BCUT2D eigenvalue weighted by Gasteiger charge is -2.39. The first-order valence-electron chi connectivity index (χ1n) is 5.93. The summed E-state index contributed by atoms with van der Waals surface area (Å²) in [6.45, 7) is 1.75. The van der Waals surface area contributed by atoms with Crippen LogP contribution >= 0.6 is 0 Å². The number of ether oxygens (including phenoxy) is 2. The van der Waals surface area contributed by atoms with E-state index < -0.39 is 4.65 Å². The number of methoxy groups -OCH3 is 2. The number of allylic oxidation sites excluding steroid dienone is 2. The minimum Gasteiger partial charge on any atom is -0.616 e. The van der Waals surface area contributed by atoms with E-state index in [9.17, 15) is 9.42 Å². The second-order valence-corrected chi connectivity index (χ2v) is 4.83. The molecule has 1 unspecified atom stereocenters. The Morgan fingerprint density at radius 1 is 1.20 bits per heavy atom. The van der Waals surface area contributed by atoms with Crippen LogP contribution in [-0.2, 0) is 11.3 Å². The Kier molecular flexibility index (Phi) is 4.08. The topological polar surface area (TPSA) is 58.6 Å². The van der Waals surface area contributed by atoms with Gasteiger partial charge in [-0.25, -0.2) is 4.21 Å². The largest absolute Gasteiger partial charge is 0.616 e. The summed E-state index contributed by atoms with van der Waals surface area (Å²) in [7, 11) is 3.03. The SMILES string of the molecule is COc1ccc([N+]2([O-])C=CC=C(C)C2=S=O)cc1OC. The van der Waals surface area contributed by atoms with E-state index in [-0.39, 0.29) is 16.2 Å². The monoisotopic (exact) mass is 293 g/mol. The van der Waals surface area contributed by atoms with Crippen molar-refractivity contribution < 1.29 is 13.7 Å². The van der Waals surface area contributed by atoms with E-state index in [0.717, 1.165) is 0 Å². The lowest BCUT2D eigenvalue weighted by Crippen LogP contribution is -2.45. The van der Waals surface area contributed by atoms with Crippen LogP contribution in [0.2, 0.25) is 0 Å². The Labute approximate surface area is 121 Å². The first-order valence-corrected chi connectivity index (χ1v) is 6.67. The second-order valence-electron chi connectivity index (χ2n) is 4.28. The molecule has 0 fully saturated rings. The number of quaternary nitrogens is 1. The summed E-state index contributed by atoms with van der Waals surface area (Å²) in [5.74, 6) is 0.988. The average molecular weight is 293 g/mol. The Morgan fingerprint density at radius 2 is 1.90 bits per heavy atom. The zero-order chi connectivity index (χ0) is 14.8. The highest BCUT2D eigenvalue weighted by Crippen LogP contribution is 2.36. The maximum Gasteiger partial charge on any atom is 0.239 e. The van der Waals surface area contributed by atoms with E-state index >= 15 is 0 Å². The zero-order valence-electron chi connectivity index (χ0n) is 11.5. The summed E-state index contributed by atoms with van der Waals surface area (Å²) >= 11 is 0.214. The Bertz CT molecular complexity index is 647. The highest BCUT2D eigenvalue weighted by atomic mass is 32.1. The Hall–Kier alpha value is -1.89. The minimum atomic E-state index is -0.920. The summed E-state index contributed by atoms with van der Waals surface area (Å²) in [4.78, 5) is 0.194. The maximum absolute atomic E-state index is 13.0. The highest BCUT2D eigenvalue weighted by molar-refractivity contribution is 7.67. The molecule has 1 atom stereocenters. The first kappa shape index (κ1) is 14.5. The highest BCUT2D eigenvalue weighted by Gasteiger charge is 2.30. The van der Waals surface area contributed by atoms with Gasteiger partial charge in [0.05, 0.1) is 14.2 Å². The molecule has 0 aromatic heterocycles. The van der Waals surface area contributed by atoms with Gasteiger partial charge in [0.25, 0.3) is 0 Å².